The molecule has 1 aromatic carbocycles. The average molecular weight is 495 g/mol. The summed E-state index contributed by atoms with van der Waals surface area (Å²) >= 11 is 8.06. The van der Waals surface area contributed by atoms with Gasteiger partial charge < -0.3 is 21.0 Å². The average Bonchev–Trinajstić information content (AvgIpc) is 3.18. The van der Waals surface area contributed by atoms with Crippen LogP contribution in [0.3, 0.4) is 0 Å². The summed E-state index contributed by atoms with van der Waals surface area (Å²) in [5.41, 5.74) is 5.23. The lowest BCUT2D eigenvalue weighted by Gasteiger charge is -2.49. The number of aromatic nitrogens is 2. The molecule has 166 valence electrons. The summed E-state index contributed by atoms with van der Waals surface area (Å²) < 4.78 is 3.99. The number of carboxylic acid groups (broad SMARTS) is 1. The van der Waals surface area contributed by atoms with Crippen LogP contribution in [0.4, 0.5) is 5.13 Å². The van der Waals surface area contributed by atoms with Crippen molar-refractivity contribution in [3.63, 3.8) is 0 Å². The molecular formula is C18H15ClN6O5S2. The van der Waals surface area contributed by atoms with E-state index < -0.39 is 29.2 Å². The van der Waals surface area contributed by atoms with Crippen molar-refractivity contribution >= 4 is 63.5 Å². The molecule has 32 heavy (non-hydrogen) atoms. The number of halogens is 1. The number of benzene rings is 1. The monoisotopic (exact) mass is 494 g/mol. The fourth-order valence-electron chi connectivity index (χ4n) is 3.05. The van der Waals surface area contributed by atoms with Crippen LogP contribution in [-0.4, -0.2) is 59.5 Å². The van der Waals surface area contributed by atoms with E-state index in [1.807, 2.05) is 0 Å². The summed E-state index contributed by atoms with van der Waals surface area (Å²) in [5.74, 6) is -2.28. The van der Waals surface area contributed by atoms with Crippen molar-refractivity contribution < 1.29 is 24.3 Å². The standard InChI is InChI=1S/C18H15ClN6O5S2/c1-7-6-10(17(28)29)25-15(27)12(16(25)31-7)21-14(26)11(13-22-18(20)32-24-13)23-30-9-4-2-8(19)3-5-9/h2-7,12,16H,1H3,(H,21,26)(H,28,29)(H2,20,22,24)/b23-11-/t7?,12?,16-/m1/s1. The second kappa shape index (κ2) is 8.76. The van der Waals surface area contributed by atoms with Crippen molar-refractivity contribution in [2.24, 2.45) is 5.16 Å². The zero-order valence-electron chi connectivity index (χ0n) is 16.3. The van der Waals surface area contributed by atoms with Gasteiger partial charge in [0.05, 0.1) is 0 Å². The van der Waals surface area contributed by atoms with Gasteiger partial charge in [-0.3, -0.25) is 14.5 Å². The Morgan fingerprint density at radius 3 is 2.69 bits per heavy atom. The van der Waals surface area contributed by atoms with Gasteiger partial charge in [-0.15, -0.1) is 11.8 Å². The third-order valence-electron chi connectivity index (χ3n) is 4.48. The third-order valence-corrected chi connectivity index (χ3v) is 6.60. The summed E-state index contributed by atoms with van der Waals surface area (Å²) in [6, 6.07) is 5.33. The van der Waals surface area contributed by atoms with E-state index in [0.29, 0.717) is 10.8 Å². The molecule has 2 aliphatic rings. The highest BCUT2D eigenvalue weighted by molar-refractivity contribution is 8.00. The van der Waals surface area contributed by atoms with Crippen molar-refractivity contribution in [2.45, 2.75) is 23.6 Å². The van der Waals surface area contributed by atoms with Gasteiger partial charge in [-0.25, -0.2) is 4.79 Å². The van der Waals surface area contributed by atoms with Crippen LogP contribution in [-0.2, 0) is 14.4 Å². The van der Waals surface area contributed by atoms with E-state index in [-0.39, 0.29) is 27.6 Å². The molecule has 4 rings (SSSR count). The van der Waals surface area contributed by atoms with Crippen LogP contribution in [0.25, 0.3) is 0 Å². The Bertz CT molecular complexity index is 1150. The number of hydrogen-bond acceptors (Lipinski definition) is 10. The zero-order chi connectivity index (χ0) is 23.0. The Balaban J connectivity index is 1.55. The number of β-lactam (4-membered cyclic amide) rings is 1. The van der Waals surface area contributed by atoms with Crippen LogP contribution in [0.15, 0.2) is 41.2 Å². The van der Waals surface area contributed by atoms with Crippen molar-refractivity contribution in [3.05, 3.63) is 46.9 Å². The predicted octanol–water partition coefficient (Wildman–Crippen LogP) is 1.31. The predicted molar refractivity (Wildman–Crippen MR) is 118 cm³/mol. The Morgan fingerprint density at radius 1 is 1.34 bits per heavy atom. The fraction of sp³-hybridized carbons (Fsp3) is 0.222. The molecule has 0 aliphatic carbocycles. The Morgan fingerprint density at radius 2 is 2.06 bits per heavy atom. The lowest BCUT2D eigenvalue weighted by Crippen LogP contribution is -2.71. The number of fused-ring (bicyclic) bond motifs is 1. The molecule has 2 unspecified atom stereocenters. The van der Waals surface area contributed by atoms with E-state index in [0.717, 1.165) is 16.4 Å². The maximum atomic E-state index is 13.0. The lowest BCUT2D eigenvalue weighted by atomic mass is 10.0. The van der Waals surface area contributed by atoms with Gasteiger partial charge in [0.15, 0.2) is 10.9 Å². The highest BCUT2D eigenvalue weighted by atomic mass is 35.5. The summed E-state index contributed by atoms with van der Waals surface area (Å²) in [7, 11) is 0. The van der Waals surface area contributed by atoms with E-state index >= 15 is 0 Å². The first-order valence-corrected chi connectivity index (χ1v) is 11.2. The van der Waals surface area contributed by atoms with Crippen LogP contribution >= 0.6 is 34.9 Å². The second-order valence-corrected chi connectivity index (χ2v) is 9.41. The van der Waals surface area contributed by atoms with Gasteiger partial charge in [-0.2, -0.15) is 9.36 Å². The summed E-state index contributed by atoms with van der Waals surface area (Å²) in [5, 5.41) is 15.7. The number of nitrogen functional groups attached to an aromatic ring is 1. The molecule has 11 nitrogen and oxygen atoms in total. The SMILES string of the molecule is CC1C=C(C(=O)O)N2C(=O)C(NC(=O)/C(=N\Oc3ccc(Cl)cc3)c3nsc(N)n3)[C@H]2S1. The van der Waals surface area contributed by atoms with Crippen LogP contribution in [0.1, 0.15) is 12.7 Å². The highest BCUT2D eigenvalue weighted by Gasteiger charge is 2.54. The van der Waals surface area contributed by atoms with Gasteiger partial charge in [0.2, 0.25) is 11.5 Å². The van der Waals surface area contributed by atoms with Crippen LogP contribution in [0.2, 0.25) is 5.02 Å². The van der Waals surface area contributed by atoms with Gasteiger partial charge in [0.25, 0.3) is 11.8 Å². The Labute approximate surface area is 194 Å². The summed E-state index contributed by atoms with van der Waals surface area (Å²) in [6.45, 7) is 1.81. The third kappa shape index (κ3) is 4.26. The zero-order valence-corrected chi connectivity index (χ0v) is 18.6. The molecule has 0 saturated carbocycles. The van der Waals surface area contributed by atoms with E-state index in [1.54, 1.807) is 31.2 Å². The first kappa shape index (κ1) is 22.0. The number of amides is 2. The van der Waals surface area contributed by atoms with Crippen molar-refractivity contribution in [1.82, 2.24) is 19.6 Å². The number of oxime groups is 1. The minimum absolute atomic E-state index is 0.0709. The molecular weight excluding hydrogens is 480 g/mol. The quantitative estimate of drug-likeness (QED) is 0.305. The maximum absolute atomic E-state index is 13.0. The molecule has 3 atom stereocenters. The van der Waals surface area contributed by atoms with Crippen LogP contribution in [0, 0.1) is 0 Å². The number of carbonyl (C=O) groups excluding carboxylic acids is 2. The molecule has 2 amide bonds. The number of rotatable bonds is 6. The van der Waals surface area contributed by atoms with Gasteiger partial charge in [0, 0.05) is 21.8 Å². The highest BCUT2D eigenvalue weighted by Crippen LogP contribution is 2.40. The number of hydrogen-bond donors (Lipinski definition) is 3. The maximum Gasteiger partial charge on any atom is 0.352 e. The number of nitrogens with two attached hydrogens (primary N) is 1. The molecule has 0 radical (unpaired) electrons. The first-order chi connectivity index (χ1) is 15.2. The molecule has 0 spiro atoms. The topological polar surface area (TPSA) is 160 Å². The molecule has 2 aliphatic heterocycles. The Hall–Kier alpha value is -3.16. The van der Waals surface area contributed by atoms with Gasteiger partial charge in [-0.05, 0) is 37.3 Å². The number of carboxylic acids is 1. The number of thioether (sulfide) groups is 1. The summed E-state index contributed by atoms with van der Waals surface area (Å²) in [4.78, 5) is 47.5. The molecule has 2 aromatic rings. The molecule has 0 bridgehead atoms. The van der Waals surface area contributed by atoms with Crippen molar-refractivity contribution in [2.75, 3.05) is 5.73 Å². The molecule has 1 aromatic heterocycles. The van der Waals surface area contributed by atoms with E-state index in [1.165, 1.54) is 17.8 Å². The fourth-order valence-corrected chi connectivity index (χ4v) is 4.94. The van der Waals surface area contributed by atoms with E-state index in [2.05, 4.69) is 19.8 Å². The minimum Gasteiger partial charge on any atom is -0.477 e. The minimum atomic E-state index is -1.21. The van der Waals surface area contributed by atoms with E-state index in [9.17, 15) is 19.5 Å². The van der Waals surface area contributed by atoms with E-state index in [4.69, 9.17) is 22.2 Å². The second-order valence-electron chi connectivity index (χ2n) is 6.69. The molecule has 14 heteroatoms. The lowest BCUT2D eigenvalue weighted by molar-refractivity contribution is -0.150. The van der Waals surface area contributed by atoms with Crippen molar-refractivity contribution in [1.29, 1.82) is 0 Å². The normalized spacial score (nSPS) is 22.5. The smallest absolute Gasteiger partial charge is 0.352 e. The van der Waals surface area contributed by atoms with Crippen LogP contribution in [0.5, 0.6) is 5.75 Å². The van der Waals surface area contributed by atoms with Crippen LogP contribution < -0.4 is 15.9 Å². The molecule has 1 saturated heterocycles. The first-order valence-electron chi connectivity index (χ1n) is 9.09. The largest absolute Gasteiger partial charge is 0.477 e. The summed E-state index contributed by atoms with van der Waals surface area (Å²) in [6.07, 6.45) is 1.49. The van der Waals surface area contributed by atoms with Gasteiger partial charge >= 0.3 is 5.97 Å². The number of carbonyl (C=O) groups is 3. The van der Waals surface area contributed by atoms with Gasteiger partial charge in [0.1, 0.15) is 17.1 Å². The van der Waals surface area contributed by atoms with Gasteiger partial charge in [-0.1, -0.05) is 16.8 Å². The number of aliphatic carboxylic acids is 1. The molecule has 3 heterocycles. The molecule has 1 fully saturated rings. The number of anilines is 1. The molecule has 4 N–H and O–H groups in total. The Kier molecular flexibility index (Phi) is 6.04. The van der Waals surface area contributed by atoms with Crippen molar-refractivity contribution in [3.8, 4) is 5.75 Å². The number of nitrogens with zero attached hydrogens (tertiary/aromatic N) is 4. The number of nitrogens with one attached hydrogen (secondary N) is 1.